The van der Waals surface area contributed by atoms with Crippen LogP contribution in [0.2, 0.25) is 0 Å². The molecule has 6 heteroatoms. The summed E-state index contributed by atoms with van der Waals surface area (Å²) < 4.78 is 0. The molecule has 0 bridgehead atoms. The van der Waals surface area contributed by atoms with Gasteiger partial charge in [-0.1, -0.05) is 0 Å². The molecule has 1 aliphatic rings. The van der Waals surface area contributed by atoms with Gasteiger partial charge in [0, 0.05) is 51.0 Å². The SMILES string of the molecule is CC1CN(C)CCN1C(=O)CCNc1ncccn1. The zero-order valence-corrected chi connectivity index (χ0v) is 11.5. The summed E-state index contributed by atoms with van der Waals surface area (Å²) in [5, 5.41) is 3.06. The van der Waals surface area contributed by atoms with Gasteiger partial charge in [0.1, 0.15) is 0 Å². The van der Waals surface area contributed by atoms with Crippen molar-refractivity contribution in [3.63, 3.8) is 0 Å². The minimum absolute atomic E-state index is 0.198. The van der Waals surface area contributed by atoms with E-state index in [-0.39, 0.29) is 5.91 Å². The zero-order chi connectivity index (χ0) is 13.7. The van der Waals surface area contributed by atoms with Crippen LogP contribution >= 0.6 is 0 Å². The normalized spacial score (nSPS) is 20.3. The Morgan fingerprint density at radius 1 is 1.42 bits per heavy atom. The highest BCUT2D eigenvalue weighted by Gasteiger charge is 2.24. The fourth-order valence-electron chi connectivity index (χ4n) is 2.33. The highest BCUT2D eigenvalue weighted by atomic mass is 16.2. The molecule has 2 heterocycles. The van der Waals surface area contributed by atoms with Gasteiger partial charge in [0.2, 0.25) is 11.9 Å². The highest BCUT2D eigenvalue weighted by Crippen LogP contribution is 2.09. The molecule has 1 saturated heterocycles. The maximum atomic E-state index is 12.1. The van der Waals surface area contributed by atoms with E-state index < -0.39 is 0 Å². The molecule has 1 aliphatic heterocycles. The number of hydrogen-bond donors (Lipinski definition) is 1. The number of anilines is 1. The Bertz CT molecular complexity index is 411. The molecular weight excluding hydrogens is 242 g/mol. The fraction of sp³-hybridized carbons (Fsp3) is 0.615. The number of rotatable bonds is 4. The van der Waals surface area contributed by atoms with Crippen molar-refractivity contribution >= 4 is 11.9 Å². The molecule has 6 nitrogen and oxygen atoms in total. The summed E-state index contributed by atoms with van der Waals surface area (Å²) in [4.78, 5) is 24.5. The van der Waals surface area contributed by atoms with Crippen molar-refractivity contribution in [3.8, 4) is 0 Å². The summed E-state index contributed by atoms with van der Waals surface area (Å²) in [6.07, 6.45) is 3.84. The third-order valence-electron chi connectivity index (χ3n) is 3.34. The van der Waals surface area contributed by atoms with E-state index in [2.05, 4.69) is 34.2 Å². The van der Waals surface area contributed by atoms with Crippen LogP contribution in [-0.4, -0.2) is 64.9 Å². The van der Waals surface area contributed by atoms with E-state index in [4.69, 9.17) is 0 Å². The standard InChI is InChI=1S/C13H21N5O/c1-11-10-17(2)8-9-18(11)12(19)4-7-16-13-14-5-3-6-15-13/h3,5-6,11H,4,7-10H2,1-2H3,(H,14,15,16). The molecule has 1 unspecified atom stereocenters. The second-order valence-corrected chi connectivity index (χ2v) is 4.95. The number of nitrogens with zero attached hydrogens (tertiary/aromatic N) is 4. The Kier molecular flexibility index (Phi) is 4.68. The summed E-state index contributed by atoms with van der Waals surface area (Å²) in [6, 6.07) is 2.06. The third kappa shape index (κ3) is 3.89. The van der Waals surface area contributed by atoms with Crippen molar-refractivity contribution in [1.29, 1.82) is 0 Å². The first-order valence-electron chi connectivity index (χ1n) is 6.65. The van der Waals surface area contributed by atoms with E-state index in [1.807, 2.05) is 4.90 Å². The molecule has 104 valence electrons. The smallest absolute Gasteiger partial charge is 0.224 e. The number of carbonyl (C=O) groups excluding carboxylic acids is 1. The van der Waals surface area contributed by atoms with Gasteiger partial charge in [-0.2, -0.15) is 0 Å². The molecule has 0 radical (unpaired) electrons. The monoisotopic (exact) mass is 263 g/mol. The van der Waals surface area contributed by atoms with Crippen LogP contribution in [-0.2, 0) is 4.79 Å². The van der Waals surface area contributed by atoms with E-state index in [0.29, 0.717) is 25.0 Å². The lowest BCUT2D eigenvalue weighted by Gasteiger charge is -2.38. The zero-order valence-electron chi connectivity index (χ0n) is 11.5. The van der Waals surface area contributed by atoms with Crippen molar-refractivity contribution < 1.29 is 4.79 Å². The van der Waals surface area contributed by atoms with Crippen LogP contribution in [0.3, 0.4) is 0 Å². The third-order valence-corrected chi connectivity index (χ3v) is 3.34. The molecule has 2 rings (SSSR count). The first-order valence-corrected chi connectivity index (χ1v) is 6.65. The van der Waals surface area contributed by atoms with Gasteiger partial charge in [-0.3, -0.25) is 4.79 Å². The predicted molar refractivity (Wildman–Crippen MR) is 73.8 cm³/mol. The average Bonchev–Trinajstić information content (AvgIpc) is 2.39. The molecule has 1 amide bonds. The van der Waals surface area contributed by atoms with Crippen molar-refractivity contribution in [1.82, 2.24) is 19.8 Å². The molecular formula is C13H21N5O. The van der Waals surface area contributed by atoms with Gasteiger partial charge in [0.25, 0.3) is 0 Å². The Hall–Kier alpha value is -1.69. The lowest BCUT2D eigenvalue weighted by molar-refractivity contribution is -0.135. The number of hydrogen-bond acceptors (Lipinski definition) is 5. The van der Waals surface area contributed by atoms with E-state index >= 15 is 0 Å². The number of amides is 1. The van der Waals surface area contributed by atoms with Gasteiger partial charge in [-0.25, -0.2) is 9.97 Å². The van der Waals surface area contributed by atoms with Crippen LogP contribution in [0.1, 0.15) is 13.3 Å². The van der Waals surface area contributed by atoms with Gasteiger partial charge >= 0.3 is 0 Å². The second-order valence-electron chi connectivity index (χ2n) is 4.95. The first kappa shape index (κ1) is 13.7. The number of likely N-dealkylation sites (N-methyl/N-ethyl adjacent to an activating group) is 1. The fourth-order valence-corrected chi connectivity index (χ4v) is 2.33. The van der Waals surface area contributed by atoms with E-state index in [0.717, 1.165) is 19.6 Å². The van der Waals surface area contributed by atoms with E-state index in [1.54, 1.807) is 18.5 Å². The Labute approximate surface area is 113 Å². The topological polar surface area (TPSA) is 61.4 Å². The van der Waals surface area contributed by atoms with Gasteiger partial charge in [0.05, 0.1) is 0 Å². The van der Waals surface area contributed by atoms with Crippen LogP contribution in [0.5, 0.6) is 0 Å². The Morgan fingerprint density at radius 3 is 2.84 bits per heavy atom. The molecule has 0 spiro atoms. The molecule has 0 saturated carbocycles. The number of carbonyl (C=O) groups is 1. The molecule has 1 aromatic rings. The van der Waals surface area contributed by atoms with Crippen molar-refractivity contribution in [2.24, 2.45) is 0 Å². The molecule has 1 atom stereocenters. The van der Waals surface area contributed by atoms with Crippen LogP contribution in [0, 0.1) is 0 Å². The number of piperazine rings is 1. The molecule has 1 fully saturated rings. The lowest BCUT2D eigenvalue weighted by Crippen LogP contribution is -2.52. The second kappa shape index (κ2) is 6.47. The Morgan fingerprint density at radius 2 is 2.16 bits per heavy atom. The lowest BCUT2D eigenvalue weighted by atomic mass is 10.2. The van der Waals surface area contributed by atoms with Crippen LogP contribution < -0.4 is 5.32 Å². The first-order chi connectivity index (χ1) is 9.16. The summed E-state index contributed by atoms with van der Waals surface area (Å²) >= 11 is 0. The minimum Gasteiger partial charge on any atom is -0.354 e. The van der Waals surface area contributed by atoms with Gasteiger partial charge < -0.3 is 15.1 Å². The van der Waals surface area contributed by atoms with E-state index in [1.165, 1.54) is 0 Å². The molecule has 1 N–H and O–H groups in total. The summed E-state index contributed by atoms with van der Waals surface area (Å²) in [7, 11) is 2.09. The largest absolute Gasteiger partial charge is 0.354 e. The minimum atomic E-state index is 0.198. The van der Waals surface area contributed by atoms with Crippen molar-refractivity contribution in [3.05, 3.63) is 18.5 Å². The van der Waals surface area contributed by atoms with Gasteiger partial charge in [-0.05, 0) is 20.0 Å². The molecule has 1 aromatic heterocycles. The van der Waals surface area contributed by atoms with Gasteiger partial charge in [0.15, 0.2) is 0 Å². The quantitative estimate of drug-likeness (QED) is 0.854. The van der Waals surface area contributed by atoms with Crippen LogP contribution in [0.4, 0.5) is 5.95 Å². The van der Waals surface area contributed by atoms with Crippen LogP contribution in [0.25, 0.3) is 0 Å². The highest BCUT2D eigenvalue weighted by molar-refractivity contribution is 5.77. The van der Waals surface area contributed by atoms with E-state index in [9.17, 15) is 4.79 Å². The summed E-state index contributed by atoms with van der Waals surface area (Å²) in [6.45, 7) is 5.38. The molecule has 19 heavy (non-hydrogen) atoms. The maximum absolute atomic E-state index is 12.1. The van der Waals surface area contributed by atoms with Crippen molar-refractivity contribution in [2.75, 3.05) is 38.5 Å². The predicted octanol–water partition coefficient (Wildman–Crippen LogP) is 0.441. The van der Waals surface area contributed by atoms with Crippen molar-refractivity contribution in [2.45, 2.75) is 19.4 Å². The maximum Gasteiger partial charge on any atom is 0.224 e. The molecule has 0 aromatic carbocycles. The Balaban J connectivity index is 1.75. The van der Waals surface area contributed by atoms with Gasteiger partial charge in [-0.15, -0.1) is 0 Å². The average molecular weight is 263 g/mol. The molecule has 0 aliphatic carbocycles. The number of aromatic nitrogens is 2. The number of nitrogens with one attached hydrogen (secondary N) is 1. The van der Waals surface area contributed by atoms with Crippen LogP contribution in [0.15, 0.2) is 18.5 Å². The summed E-state index contributed by atoms with van der Waals surface area (Å²) in [5.41, 5.74) is 0. The summed E-state index contributed by atoms with van der Waals surface area (Å²) in [5.74, 6) is 0.769.